The molecule has 2 aliphatic rings. The van der Waals surface area contributed by atoms with E-state index in [0.29, 0.717) is 24.6 Å². The van der Waals surface area contributed by atoms with E-state index in [1.807, 2.05) is 30.9 Å². The molecule has 4 rings (SSSR count). The molecule has 0 unspecified atom stereocenters. The zero-order valence-corrected chi connectivity index (χ0v) is 18.7. The highest BCUT2D eigenvalue weighted by Gasteiger charge is 2.36. The Morgan fingerprint density at radius 3 is 2.31 bits per heavy atom. The van der Waals surface area contributed by atoms with E-state index in [4.69, 9.17) is 10.00 Å². The Bertz CT molecular complexity index is 925. The van der Waals surface area contributed by atoms with Gasteiger partial charge in [-0.2, -0.15) is 5.26 Å². The third kappa shape index (κ3) is 5.17. The van der Waals surface area contributed by atoms with Gasteiger partial charge in [0.15, 0.2) is 0 Å². The minimum absolute atomic E-state index is 0.0244. The van der Waals surface area contributed by atoms with E-state index in [1.165, 1.54) is 18.0 Å². The van der Waals surface area contributed by atoms with Gasteiger partial charge in [-0.05, 0) is 32.3 Å². The van der Waals surface area contributed by atoms with Gasteiger partial charge in [0.1, 0.15) is 12.2 Å². The third-order valence-electron chi connectivity index (χ3n) is 6.23. The molecule has 0 saturated carbocycles. The van der Waals surface area contributed by atoms with Crippen molar-refractivity contribution in [3.63, 3.8) is 0 Å². The van der Waals surface area contributed by atoms with Crippen molar-refractivity contribution in [2.45, 2.75) is 51.4 Å². The summed E-state index contributed by atoms with van der Waals surface area (Å²) in [6, 6.07) is 12.5. The number of carbonyl (C=O) groups is 1. The molecule has 1 aromatic heterocycles. The first kappa shape index (κ1) is 22.0. The minimum atomic E-state index is -0.230. The van der Waals surface area contributed by atoms with Crippen molar-refractivity contribution in [2.24, 2.45) is 0 Å². The minimum Gasteiger partial charge on any atom is -0.446 e. The molecule has 0 spiro atoms. The predicted molar refractivity (Wildman–Crippen MR) is 121 cm³/mol. The molecule has 168 valence electrons. The molecule has 2 aromatic rings. The quantitative estimate of drug-likeness (QED) is 0.731. The number of carbonyl (C=O) groups excluding carboxylic acids is 1. The number of aromatic nitrogens is 2. The number of anilines is 1. The average Bonchev–Trinajstić information content (AvgIpc) is 2.80. The maximum atomic E-state index is 13.0. The van der Waals surface area contributed by atoms with Crippen molar-refractivity contribution in [3.05, 3.63) is 53.9 Å². The summed E-state index contributed by atoms with van der Waals surface area (Å²) in [7, 11) is 0. The Balaban J connectivity index is 1.28. The van der Waals surface area contributed by atoms with E-state index in [9.17, 15) is 4.79 Å². The van der Waals surface area contributed by atoms with Crippen LogP contribution in [0.2, 0.25) is 0 Å². The summed E-state index contributed by atoms with van der Waals surface area (Å²) >= 11 is 0. The maximum absolute atomic E-state index is 13.0. The standard InChI is InChI=1S/C24H30N6O2/c1-18-15-29(23-26-13-21(12-25)14-27-23)16-19(2)30(18)24(31)32-22-8-10-28(11-9-22)17-20-6-4-3-5-7-20/h3-7,13-14,18-19,22H,8-11,15-17H2,1-2H3/t18-,19-/m1/s1. The summed E-state index contributed by atoms with van der Waals surface area (Å²) in [6.45, 7) is 8.10. The molecule has 0 bridgehead atoms. The van der Waals surface area contributed by atoms with Crippen LogP contribution in [0.3, 0.4) is 0 Å². The van der Waals surface area contributed by atoms with Crippen LogP contribution in [-0.2, 0) is 11.3 Å². The number of piperidine rings is 1. The molecule has 3 heterocycles. The molecule has 8 heteroatoms. The van der Waals surface area contributed by atoms with Gasteiger partial charge < -0.3 is 9.64 Å². The number of nitriles is 1. The number of hydrogen-bond acceptors (Lipinski definition) is 7. The molecular weight excluding hydrogens is 404 g/mol. The first-order valence-corrected chi connectivity index (χ1v) is 11.3. The number of amides is 1. The summed E-state index contributed by atoms with van der Waals surface area (Å²) in [4.78, 5) is 27.9. The lowest BCUT2D eigenvalue weighted by Crippen LogP contribution is -2.59. The fourth-order valence-corrected chi connectivity index (χ4v) is 4.62. The zero-order valence-electron chi connectivity index (χ0n) is 18.7. The van der Waals surface area contributed by atoms with Gasteiger partial charge in [-0.1, -0.05) is 30.3 Å². The Morgan fingerprint density at radius 1 is 1.09 bits per heavy atom. The normalized spacial score (nSPS) is 22.4. The fraction of sp³-hybridized carbons (Fsp3) is 0.500. The molecule has 1 aromatic carbocycles. The van der Waals surface area contributed by atoms with E-state index in [1.54, 1.807) is 0 Å². The van der Waals surface area contributed by atoms with Crippen LogP contribution in [0.4, 0.5) is 10.7 Å². The molecule has 8 nitrogen and oxygen atoms in total. The number of piperazine rings is 1. The van der Waals surface area contributed by atoms with Crippen molar-refractivity contribution >= 4 is 12.0 Å². The van der Waals surface area contributed by atoms with Crippen LogP contribution < -0.4 is 4.90 Å². The second-order valence-electron chi connectivity index (χ2n) is 8.74. The smallest absolute Gasteiger partial charge is 0.410 e. The van der Waals surface area contributed by atoms with Gasteiger partial charge in [-0.15, -0.1) is 0 Å². The Kier molecular flexibility index (Phi) is 6.86. The first-order valence-electron chi connectivity index (χ1n) is 11.3. The molecular formula is C24H30N6O2. The monoisotopic (exact) mass is 434 g/mol. The van der Waals surface area contributed by atoms with Crippen LogP contribution in [0.15, 0.2) is 42.7 Å². The number of rotatable bonds is 4. The van der Waals surface area contributed by atoms with Crippen LogP contribution in [-0.4, -0.2) is 70.2 Å². The van der Waals surface area contributed by atoms with Crippen LogP contribution in [0.5, 0.6) is 0 Å². The molecule has 32 heavy (non-hydrogen) atoms. The van der Waals surface area contributed by atoms with Crippen LogP contribution >= 0.6 is 0 Å². The summed E-state index contributed by atoms with van der Waals surface area (Å²) in [5.74, 6) is 0.585. The summed E-state index contributed by atoms with van der Waals surface area (Å²) < 4.78 is 5.92. The maximum Gasteiger partial charge on any atom is 0.410 e. The molecule has 0 aliphatic carbocycles. The van der Waals surface area contributed by atoms with Crippen molar-refractivity contribution in [2.75, 3.05) is 31.1 Å². The Labute approximate surface area is 189 Å². The van der Waals surface area contributed by atoms with E-state index in [0.717, 1.165) is 32.5 Å². The SMILES string of the molecule is C[C@@H]1CN(c2ncc(C#N)cn2)C[C@@H](C)N1C(=O)OC1CCN(Cc2ccccc2)CC1. The second kappa shape index (κ2) is 9.96. The number of benzene rings is 1. The molecule has 0 radical (unpaired) electrons. The van der Waals surface area contributed by atoms with E-state index < -0.39 is 0 Å². The lowest BCUT2D eigenvalue weighted by molar-refractivity contribution is 0.00996. The first-order chi connectivity index (χ1) is 15.5. The molecule has 2 fully saturated rings. The van der Waals surface area contributed by atoms with Gasteiger partial charge in [-0.25, -0.2) is 14.8 Å². The third-order valence-corrected chi connectivity index (χ3v) is 6.23. The van der Waals surface area contributed by atoms with Gasteiger partial charge in [0.2, 0.25) is 5.95 Å². The lowest BCUT2D eigenvalue weighted by Gasteiger charge is -2.44. The molecule has 2 atom stereocenters. The van der Waals surface area contributed by atoms with E-state index in [2.05, 4.69) is 44.0 Å². The van der Waals surface area contributed by atoms with Gasteiger partial charge in [0, 0.05) is 32.7 Å². The summed E-state index contributed by atoms with van der Waals surface area (Å²) in [5.41, 5.74) is 1.75. The number of nitrogens with zero attached hydrogens (tertiary/aromatic N) is 6. The predicted octanol–water partition coefficient (Wildman–Crippen LogP) is 3.05. The highest BCUT2D eigenvalue weighted by Crippen LogP contribution is 2.23. The highest BCUT2D eigenvalue weighted by molar-refractivity contribution is 5.69. The molecule has 2 aliphatic heterocycles. The van der Waals surface area contributed by atoms with Crippen molar-refractivity contribution in [1.29, 1.82) is 5.26 Å². The number of likely N-dealkylation sites (tertiary alicyclic amines) is 1. The molecule has 2 saturated heterocycles. The average molecular weight is 435 g/mol. The van der Waals surface area contributed by atoms with Gasteiger partial charge >= 0.3 is 6.09 Å². The van der Waals surface area contributed by atoms with Crippen molar-refractivity contribution in [1.82, 2.24) is 19.8 Å². The van der Waals surface area contributed by atoms with Crippen molar-refractivity contribution < 1.29 is 9.53 Å². The van der Waals surface area contributed by atoms with Crippen LogP contribution in [0.25, 0.3) is 0 Å². The van der Waals surface area contributed by atoms with E-state index in [-0.39, 0.29) is 24.3 Å². The van der Waals surface area contributed by atoms with Crippen LogP contribution in [0.1, 0.15) is 37.8 Å². The van der Waals surface area contributed by atoms with Gasteiger partial charge in [0.25, 0.3) is 0 Å². The number of hydrogen-bond donors (Lipinski definition) is 0. The van der Waals surface area contributed by atoms with Gasteiger partial charge in [-0.3, -0.25) is 9.80 Å². The fourth-order valence-electron chi connectivity index (χ4n) is 4.62. The summed E-state index contributed by atoms with van der Waals surface area (Å²) in [5, 5.41) is 8.93. The van der Waals surface area contributed by atoms with E-state index >= 15 is 0 Å². The lowest BCUT2D eigenvalue weighted by atomic mass is 10.1. The Morgan fingerprint density at radius 2 is 1.72 bits per heavy atom. The van der Waals surface area contributed by atoms with Crippen molar-refractivity contribution in [3.8, 4) is 6.07 Å². The topological polar surface area (TPSA) is 85.6 Å². The summed E-state index contributed by atoms with van der Waals surface area (Å²) in [6.07, 6.45) is 4.52. The molecule has 1 amide bonds. The number of ether oxygens (including phenoxy) is 1. The molecule has 0 N–H and O–H groups in total. The highest BCUT2D eigenvalue weighted by atomic mass is 16.6. The van der Waals surface area contributed by atoms with Gasteiger partial charge in [0.05, 0.1) is 30.0 Å². The Hall–Kier alpha value is -3.18. The second-order valence-corrected chi connectivity index (χ2v) is 8.74. The zero-order chi connectivity index (χ0) is 22.5. The largest absolute Gasteiger partial charge is 0.446 e. The van der Waals surface area contributed by atoms with Crippen LogP contribution in [0, 0.1) is 11.3 Å².